The molecule has 0 aromatic rings. The summed E-state index contributed by atoms with van der Waals surface area (Å²) in [5.41, 5.74) is 0.884. The van der Waals surface area contributed by atoms with Crippen molar-refractivity contribution in [3.63, 3.8) is 0 Å². The summed E-state index contributed by atoms with van der Waals surface area (Å²) in [7, 11) is 0. The van der Waals surface area contributed by atoms with E-state index in [9.17, 15) is 4.79 Å². The highest BCUT2D eigenvalue weighted by molar-refractivity contribution is 5.90. The molecule has 0 saturated heterocycles. The van der Waals surface area contributed by atoms with Crippen LogP contribution in [0, 0.1) is 0 Å². The zero-order valence-electron chi connectivity index (χ0n) is 5.11. The zero-order chi connectivity index (χ0) is 6.57. The number of carbonyl (C=O) groups excluding carboxylic acids is 1. The monoisotopic (exact) mass is 110 g/mol. The van der Waals surface area contributed by atoms with Crippen molar-refractivity contribution < 1.29 is 4.79 Å². The second kappa shape index (κ2) is 3.19. The first-order valence-corrected chi connectivity index (χ1v) is 2.46. The molecule has 0 aromatic heterocycles. The van der Waals surface area contributed by atoms with Crippen LogP contribution in [0.15, 0.2) is 24.8 Å². The first-order chi connectivity index (χ1) is 3.66. The molecular formula is C7H10O. The molecule has 1 heteroatoms. The van der Waals surface area contributed by atoms with Gasteiger partial charge in [-0.2, -0.15) is 0 Å². The van der Waals surface area contributed by atoms with Crippen LogP contribution in [0.1, 0.15) is 13.3 Å². The fourth-order valence-electron chi connectivity index (χ4n) is 0.370. The molecule has 1 nitrogen and oxygen atoms in total. The van der Waals surface area contributed by atoms with Gasteiger partial charge in [0.15, 0.2) is 5.78 Å². The molecule has 0 radical (unpaired) electrons. The molecule has 0 unspecified atom stereocenters. The van der Waals surface area contributed by atoms with Crippen LogP contribution in [0.5, 0.6) is 0 Å². The molecule has 0 rings (SSSR count). The minimum atomic E-state index is 0.0394. The minimum absolute atomic E-state index is 0.0394. The molecule has 0 heterocycles. The van der Waals surface area contributed by atoms with Crippen LogP contribution in [0.4, 0.5) is 0 Å². The summed E-state index contributed by atoms with van der Waals surface area (Å²) in [6.45, 7) is 8.72. The average molecular weight is 110 g/mol. The lowest BCUT2D eigenvalue weighted by Crippen LogP contribution is -1.90. The van der Waals surface area contributed by atoms with Gasteiger partial charge in [-0.3, -0.25) is 4.79 Å². The molecule has 0 aliphatic carbocycles. The Hall–Kier alpha value is -0.850. The number of hydrogen-bond donors (Lipinski definition) is 0. The second-order valence-corrected chi connectivity index (χ2v) is 1.80. The molecule has 0 amide bonds. The van der Waals surface area contributed by atoms with E-state index in [1.165, 1.54) is 6.08 Å². The van der Waals surface area contributed by atoms with E-state index in [1.807, 2.05) is 6.92 Å². The SMILES string of the molecule is C=CC(=O)CC(=C)C. The summed E-state index contributed by atoms with van der Waals surface area (Å²) >= 11 is 0. The van der Waals surface area contributed by atoms with Gasteiger partial charge in [0.25, 0.3) is 0 Å². The van der Waals surface area contributed by atoms with E-state index in [0.717, 1.165) is 5.57 Å². The van der Waals surface area contributed by atoms with Crippen molar-refractivity contribution in [2.75, 3.05) is 0 Å². The number of carbonyl (C=O) groups is 1. The Balaban J connectivity index is 3.55. The Morgan fingerprint density at radius 2 is 2.25 bits per heavy atom. The zero-order valence-corrected chi connectivity index (χ0v) is 5.11. The molecule has 0 aliphatic rings. The highest BCUT2D eigenvalue weighted by Gasteiger charge is 1.92. The lowest BCUT2D eigenvalue weighted by atomic mass is 10.2. The molecule has 0 saturated carbocycles. The van der Waals surface area contributed by atoms with Crippen LogP contribution in [0.25, 0.3) is 0 Å². The Morgan fingerprint density at radius 3 is 2.38 bits per heavy atom. The molecule has 0 bridgehead atoms. The number of ketones is 1. The molecule has 0 aliphatic heterocycles. The largest absolute Gasteiger partial charge is 0.295 e. The predicted octanol–water partition coefficient (Wildman–Crippen LogP) is 1.71. The van der Waals surface area contributed by atoms with Gasteiger partial charge in [0.2, 0.25) is 0 Å². The summed E-state index contributed by atoms with van der Waals surface area (Å²) in [5, 5.41) is 0. The first kappa shape index (κ1) is 7.15. The molecule has 0 N–H and O–H groups in total. The van der Waals surface area contributed by atoms with Crippen molar-refractivity contribution in [2.45, 2.75) is 13.3 Å². The van der Waals surface area contributed by atoms with Crippen LogP contribution in [-0.4, -0.2) is 5.78 Å². The predicted molar refractivity (Wildman–Crippen MR) is 34.6 cm³/mol. The summed E-state index contributed by atoms with van der Waals surface area (Å²) in [6.07, 6.45) is 1.75. The van der Waals surface area contributed by atoms with Gasteiger partial charge >= 0.3 is 0 Å². The fourth-order valence-corrected chi connectivity index (χ4v) is 0.370. The molecule has 0 fully saturated rings. The summed E-state index contributed by atoms with van der Waals surface area (Å²) in [4.78, 5) is 10.4. The van der Waals surface area contributed by atoms with Crippen molar-refractivity contribution in [3.8, 4) is 0 Å². The van der Waals surface area contributed by atoms with Gasteiger partial charge in [-0.15, -0.1) is 0 Å². The quantitative estimate of drug-likeness (QED) is 0.399. The summed E-state index contributed by atoms with van der Waals surface area (Å²) in [6, 6.07) is 0. The highest BCUT2D eigenvalue weighted by atomic mass is 16.1. The van der Waals surface area contributed by atoms with Crippen LogP contribution in [-0.2, 0) is 4.79 Å². The minimum Gasteiger partial charge on any atom is -0.295 e. The third-order valence-electron chi connectivity index (χ3n) is 0.704. The highest BCUT2D eigenvalue weighted by Crippen LogP contribution is 1.95. The van der Waals surface area contributed by atoms with E-state index in [-0.39, 0.29) is 5.78 Å². The van der Waals surface area contributed by atoms with Crippen molar-refractivity contribution in [1.82, 2.24) is 0 Å². The topological polar surface area (TPSA) is 17.1 Å². The Kier molecular flexibility index (Phi) is 2.85. The van der Waals surface area contributed by atoms with Gasteiger partial charge in [0, 0.05) is 6.42 Å². The van der Waals surface area contributed by atoms with E-state index in [4.69, 9.17) is 0 Å². The fraction of sp³-hybridized carbons (Fsp3) is 0.286. The van der Waals surface area contributed by atoms with E-state index >= 15 is 0 Å². The normalized spacial score (nSPS) is 8.12. The molecular weight excluding hydrogens is 100 g/mol. The summed E-state index contributed by atoms with van der Waals surface area (Å²) in [5.74, 6) is 0.0394. The van der Waals surface area contributed by atoms with Crippen molar-refractivity contribution in [2.24, 2.45) is 0 Å². The molecule has 0 aromatic carbocycles. The van der Waals surface area contributed by atoms with Gasteiger partial charge in [-0.25, -0.2) is 0 Å². The second-order valence-electron chi connectivity index (χ2n) is 1.80. The smallest absolute Gasteiger partial charge is 0.159 e. The standard InChI is InChI=1S/C7H10O/c1-4-7(8)5-6(2)3/h4H,1-2,5H2,3H3. The van der Waals surface area contributed by atoms with Gasteiger partial charge in [-0.1, -0.05) is 18.7 Å². The number of hydrogen-bond acceptors (Lipinski definition) is 1. The van der Waals surface area contributed by atoms with Gasteiger partial charge in [0.05, 0.1) is 0 Å². The van der Waals surface area contributed by atoms with E-state index in [1.54, 1.807) is 0 Å². The maximum absolute atomic E-state index is 10.4. The van der Waals surface area contributed by atoms with E-state index in [0.29, 0.717) is 6.42 Å². The van der Waals surface area contributed by atoms with Gasteiger partial charge < -0.3 is 0 Å². The molecule has 44 valence electrons. The van der Waals surface area contributed by atoms with Crippen molar-refractivity contribution >= 4 is 5.78 Å². The third kappa shape index (κ3) is 3.34. The lowest BCUT2D eigenvalue weighted by Gasteiger charge is -1.89. The number of rotatable bonds is 3. The van der Waals surface area contributed by atoms with E-state index < -0.39 is 0 Å². The van der Waals surface area contributed by atoms with Crippen molar-refractivity contribution in [3.05, 3.63) is 24.8 Å². The average Bonchev–Trinajstić information content (AvgIpc) is 1.65. The Morgan fingerprint density at radius 1 is 1.75 bits per heavy atom. The van der Waals surface area contributed by atoms with Crippen LogP contribution in [0.3, 0.4) is 0 Å². The van der Waals surface area contributed by atoms with Crippen LogP contribution < -0.4 is 0 Å². The third-order valence-corrected chi connectivity index (χ3v) is 0.704. The molecule has 0 atom stereocenters. The maximum atomic E-state index is 10.4. The van der Waals surface area contributed by atoms with Gasteiger partial charge in [0.1, 0.15) is 0 Å². The van der Waals surface area contributed by atoms with E-state index in [2.05, 4.69) is 13.2 Å². The number of allylic oxidation sites excluding steroid dienone is 2. The lowest BCUT2D eigenvalue weighted by molar-refractivity contribution is -0.113. The molecule has 8 heavy (non-hydrogen) atoms. The Labute approximate surface area is 49.7 Å². The van der Waals surface area contributed by atoms with Crippen molar-refractivity contribution in [1.29, 1.82) is 0 Å². The van der Waals surface area contributed by atoms with Crippen LogP contribution in [0.2, 0.25) is 0 Å². The Bertz CT molecular complexity index is 122. The van der Waals surface area contributed by atoms with Gasteiger partial charge in [-0.05, 0) is 13.0 Å². The molecule has 0 spiro atoms. The summed E-state index contributed by atoms with van der Waals surface area (Å²) < 4.78 is 0. The first-order valence-electron chi connectivity index (χ1n) is 2.46. The maximum Gasteiger partial charge on any atom is 0.159 e. The van der Waals surface area contributed by atoms with Crippen LogP contribution >= 0.6 is 0 Å².